The lowest BCUT2D eigenvalue weighted by Crippen LogP contribution is -2.14. The molecule has 4 aromatic rings. The molecule has 0 aliphatic rings. The minimum absolute atomic E-state index is 0.0363. The Morgan fingerprint density at radius 2 is 1.43 bits per heavy atom. The van der Waals surface area contributed by atoms with Gasteiger partial charge in [-0.05, 0) is 24.3 Å². The first kappa shape index (κ1) is 17.9. The minimum Gasteiger partial charge on any atom is -0.277 e. The van der Waals surface area contributed by atoms with E-state index in [2.05, 4.69) is 9.82 Å². The van der Waals surface area contributed by atoms with E-state index in [0.717, 1.165) is 0 Å². The van der Waals surface area contributed by atoms with Crippen LogP contribution in [0.15, 0.2) is 96.0 Å². The number of aromatic nitrogens is 2. The van der Waals surface area contributed by atoms with Crippen LogP contribution in [0.25, 0.3) is 16.9 Å². The molecule has 0 saturated carbocycles. The largest absolute Gasteiger partial charge is 0.277 e. The van der Waals surface area contributed by atoms with Gasteiger partial charge in [-0.1, -0.05) is 60.7 Å². The van der Waals surface area contributed by atoms with Gasteiger partial charge < -0.3 is 0 Å². The van der Waals surface area contributed by atoms with E-state index in [1.54, 1.807) is 30.3 Å². The van der Waals surface area contributed by atoms with Crippen LogP contribution >= 0.6 is 0 Å². The van der Waals surface area contributed by atoms with E-state index >= 15 is 0 Å². The quantitative estimate of drug-likeness (QED) is 0.544. The second kappa shape index (κ2) is 7.28. The Morgan fingerprint density at radius 3 is 2.11 bits per heavy atom. The summed E-state index contributed by atoms with van der Waals surface area (Å²) in [5.41, 5.74) is 1.53. The highest BCUT2D eigenvalue weighted by molar-refractivity contribution is 7.92. The summed E-state index contributed by atoms with van der Waals surface area (Å²) in [6, 6.07) is 23.8. The van der Waals surface area contributed by atoms with Crippen molar-refractivity contribution in [3.05, 3.63) is 96.9 Å². The zero-order valence-corrected chi connectivity index (χ0v) is 15.5. The van der Waals surface area contributed by atoms with Crippen LogP contribution in [0.3, 0.4) is 0 Å². The monoisotopic (exact) mass is 393 g/mol. The molecule has 3 aromatic carbocycles. The summed E-state index contributed by atoms with van der Waals surface area (Å²) in [6.45, 7) is 0. The molecule has 0 atom stereocenters. The Kier molecular flexibility index (Phi) is 4.67. The highest BCUT2D eigenvalue weighted by atomic mass is 32.2. The van der Waals surface area contributed by atoms with Gasteiger partial charge in [-0.3, -0.25) is 4.72 Å². The number of nitrogens with one attached hydrogen (secondary N) is 1. The molecule has 1 aromatic heterocycles. The first-order chi connectivity index (χ1) is 13.5. The average molecular weight is 393 g/mol. The van der Waals surface area contributed by atoms with Crippen molar-refractivity contribution in [2.24, 2.45) is 0 Å². The van der Waals surface area contributed by atoms with Crippen molar-refractivity contribution in [1.82, 2.24) is 9.78 Å². The number of sulfonamides is 1. The van der Waals surface area contributed by atoms with Crippen LogP contribution in [0.5, 0.6) is 0 Å². The maximum Gasteiger partial charge on any atom is 0.265 e. The topological polar surface area (TPSA) is 64.0 Å². The lowest BCUT2D eigenvalue weighted by atomic mass is 10.2. The molecule has 1 N–H and O–H groups in total. The van der Waals surface area contributed by atoms with Gasteiger partial charge >= 0.3 is 0 Å². The zero-order valence-electron chi connectivity index (χ0n) is 14.7. The fourth-order valence-electron chi connectivity index (χ4n) is 2.81. The van der Waals surface area contributed by atoms with Crippen LogP contribution in [0.2, 0.25) is 0 Å². The van der Waals surface area contributed by atoms with E-state index in [1.807, 2.05) is 36.4 Å². The van der Waals surface area contributed by atoms with Crippen molar-refractivity contribution in [3.63, 3.8) is 0 Å². The predicted octanol–water partition coefficient (Wildman–Crippen LogP) is 4.48. The van der Waals surface area contributed by atoms with Gasteiger partial charge in [0, 0.05) is 5.56 Å². The number of benzene rings is 3. The molecule has 28 heavy (non-hydrogen) atoms. The summed E-state index contributed by atoms with van der Waals surface area (Å²) < 4.78 is 43.9. The second-order valence-corrected chi connectivity index (χ2v) is 7.72. The van der Waals surface area contributed by atoms with Crippen LogP contribution in [-0.4, -0.2) is 18.2 Å². The molecule has 0 aliphatic heterocycles. The Labute approximate surface area is 162 Å². The van der Waals surface area contributed by atoms with Crippen LogP contribution in [0.4, 0.5) is 10.1 Å². The molecular formula is C21H16FN3O2S. The molecule has 0 aliphatic carbocycles. The van der Waals surface area contributed by atoms with E-state index in [9.17, 15) is 12.8 Å². The standard InChI is InChI=1S/C21H16FN3O2S/c22-18-13-7-8-14-19(18)24-28(26,27)20-15-25(17-11-5-2-6-12-17)23-21(20)16-9-3-1-4-10-16/h1-15,24H. The van der Waals surface area contributed by atoms with Crippen molar-refractivity contribution in [1.29, 1.82) is 0 Å². The van der Waals surface area contributed by atoms with E-state index in [1.165, 1.54) is 29.1 Å². The van der Waals surface area contributed by atoms with Gasteiger partial charge in [0.1, 0.15) is 16.4 Å². The van der Waals surface area contributed by atoms with Crippen LogP contribution in [-0.2, 0) is 10.0 Å². The van der Waals surface area contributed by atoms with E-state index in [0.29, 0.717) is 11.3 Å². The van der Waals surface area contributed by atoms with Crippen molar-refractivity contribution in [3.8, 4) is 16.9 Å². The maximum absolute atomic E-state index is 14.0. The molecule has 0 spiro atoms. The normalized spacial score (nSPS) is 11.3. The van der Waals surface area contributed by atoms with E-state index in [-0.39, 0.29) is 16.3 Å². The molecule has 0 amide bonds. The van der Waals surface area contributed by atoms with Crippen molar-refractivity contribution < 1.29 is 12.8 Å². The molecule has 0 fully saturated rings. The molecular weight excluding hydrogens is 377 g/mol. The molecule has 0 unspecified atom stereocenters. The Hall–Kier alpha value is -3.45. The Morgan fingerprint density at radius 1 is 0.821 bits per heavy atom. The van der Waals surface area contributed by atoms with Crippen LogP contribution < -0.4 is 4.72 Å². The summed E-state index contributed by atoms with van der Waals surface area (Å²) in [5, 5.41) is 4.48. The van der Waals surface area contributed by atoms with Gasteiger partial charge in [-0.25, -0.2) is 17.5 Å². The lowest BCUT2D eigenvalue weighted by Gasteiger charge is -2.08. The van der Waals surface area contributed by atoms with Crippen LogP contribution in [0.1, 0.15) is 0 Å². The number of hydrogen-bond donors (Lipinski definition) is 1. The number of anilines is 1. The third-order valence-corrected chi connectivity index (χ3v) is 5.52. The first-order valence-corrected chi connectivity index (χ1v) is 10.0. The summed E-state index contributed by atoms with van der Waals surface area (Å²) in [5.74, 6) is -0.650. The molecule has 0 radical (unpaired) electrons. The van der Waals surface area contributed by atoms with Gasteiger partial charge in [0.25, 0.3) is 10.0 Å². The van der Waals surface area contributed by atoms with Gasteiger partial charge in [0.2, 0.25) is 0 Å². The molecule has 7 heteroatoms. The molecule has 4 rings (SSSR count). The maximum atomic E-state index is 14.0. The Bertz CT molecular complexity index is 1210. The summed E-state index contributed by atoms with van der Waals surface area (Å²) in [6.07, 6.45) is 1.43. The Balaban J connectivity index is 1.85. The van der Waals surface area contributed by atoms with Crippen molar-refractivity contribution in [2.75, 3.05) is 4.72 Å². The van der Waals surface area contributed by atoms with Crippen LogP contribution in [0, 0.1) is 5.82 Å². The molecule has 0 saturated heterocycles. The predicted molar refractivity (Wildman–Crippen MR) is 106 cm³/mol. The molecule has 0 bridgehead atoms. The summed E-state index contributed by atoms with van der Waals surface area (Å²) in [7, 11) is -4.08. The summed E-state index contributed by atoms with van der Waals surface area (Å²) in [4.78, 5) is -0.0363. The van der Waals surface area contributed by atoms with Crippen molar-refractivity contribution >= 4 is 15.7 Å². The molecule has 1 heterocycles. The SMILES string of the molecule is O=S(=O)(Nc1ccccc1F)c1cn(-c2ccccc2)nc1-c1ccccc1. The van der Waals surface area contributed by atoms with Gasteiger partial charge in [-0.15, -0.1) is 0 Å². The number of para-hydroxylation sites is 2. The van der Waals surface area contributed by atoms with E-state index < -0.39 is 15.8 Å². The number of rotatable bonds is 5. The summed E-state index contributed by atoms with van der Waals surface area (Å²) >= 11 is 0. The molecule has 140 valence electrons. The van der Waals surface area contributed by atoms with E-state index in [4.69, 9.17) is 0 Å². The van der Waals surface area contributed by atoms with Gasteiger partial charge in [0.15, 0.2) is 0 Å². The first-order valence-electron chi connectivity index (χ1n) is 8.52. The number of halogens is 1. The fourth-order valence-corrected chi connectivity index (χ4v) is 4.02. The van der Waals surface area contributed by atoms with Gasteiger partial charge in [-0.2, -0.15) is 5.10 Å². The highest BCUT2D eigenvalue weighted by Gasteiger charge is 2.25. The number of nitrogens with zero attached hydrogens (tertiary/aromatic N) is 2. The number of hydrogen-bond acceptors (Lipinski definition) is 3. The lowest BCUT2D eigenvalue weighted by molar-refractivity contribution is 0.598. The fraction of sp³-hybridized carbons (Fsp3) is 0. The van der Waals surface area contributed by atoms with Crippen molar-refractivity contribution in [2.45, 2.75) is 4.90 Å². The molecule has 5 nitrogen and oxygen atoms in total. The zero-order chi connectivity index (χ0) is 19.6. The highest BCUT2D eigenvalue weighted by Crippen LogP contribution is 2.29. The minimum atomic E-state index is -4.08. The smallest absolute Gasteiger partial charge is 0.265 e. The third kappa shape index (κ3) is 3.52. The van der Waals surface area contributed by atoms with Gasteiger partial charge in [0.05, 0.1) is 17.6 Å². The average Bonchev–Trinajstić information content (AvgIpc) is 3.18. The third-order valence-electron chi connectivity index (χ3n) is 4.16. The second-order valence-electron chi connectivity index (χ2n) is 6.07.